The number of fused-ring (bicyclic) bond motifs is 1. The molecule has 1 amide bonds. The number of nitrogens with zero attached hydrogens (tertiary/aromatic N) is 1. The lowest BCUT2D eigenvalue weighted by molar-refractivity contribution is 0.0956. The minimum Gasteiger partial charge on any atom is -0.352 e. The van der Waals surface area contributed by atoms with E-state index < -0.39 is 0 Å². The third-order valence-electron chi connectivity index (χ3n) is 3.76. The molecule has 4 heteroatoms. The summed E-state index contributed by atoms with van der Waals surface area (Å²) in [5.74, 6) is -0.355. The van der Waals surface area contributed by atoms with Crippen LogP contribution >= 0.6 is 0 Å². The van der Waals surface area contributed by atoms with Crippen LogP contribution in [0.3, 0.4) is 0 Å². The van der Waals surface area contributed by atoms with E-state index in [0.717, 1.165) is 16.5 Å². The van der Waals surface area contributed by atoms with E-state index in [1.165, 1.54) is 12.1 Å². The quantitative estimate of drug-likeness (QED) is 0.787. The molecule has 1 aromatic heterocycles. The Morgan fingerprint density at radius 1 is 1.18 bits per heavy atom. The summed E-state index contributed by atoms with van der Waals surface area (Å²) >= 11 is 0. The molecule has 1 heterocycles. The molecule has 3 nitrogen and oxygen atoms in total. The number of carbonyl (C=O) groups is 1. The Labute approximate surface area is 128 Å². The standard InChI is InChI=1S/C18H17FN2O/c1-21-11-9-15-16(6-3-7-17(15)21)18(22)20-10-8-13-4-2-5-14(19)12-13/h2-7,9,11-12H,8,10H2,1H3,(H,20,22). The normalized spacial score (nSPS) is 10.8. The Bertz CT molecular complexity index is 823. The van der Waals surface area contributed by atoms with E-state index in [0.29, 0.717) is 18.5 Å². The van der Waals surface area contributed by atoms with Gasteiger partial charge in [0, 0.05) is 36.3 Å². The van der Waals surface area contributed by atoms with Gasteiger partial charge in [-0.25, -0.2) is 4.39 Å². The van der Waals surface area contributed by atoms with Gasteiger partial charge in [0.25, 0.3) is 5.91 Å². The molecule has 2 aromatic carbocycles. The molecule has 0 saturated carbocycles. The van der Waals surface area contributed by atoms with Crippen molar-refractivity contribution in [1.82, 2.24) is 9.88 Å². The zero-order valence-electron chi connectivity index (χ0n) is 12.3. The molecule has 0 radical (unpaired) electrons. The zero-order chi connectivity index (χ0) is 15.5. The first-order valence-electron chi connectivity index (χ1n) is 7.22. The predicted molar refractivity (Wildman–Crippen MR) is 85.4 cm³/mol. The van der Waals surface area contributed by atoms with Gasteiger partial charge in [-0.1, -0.05) is 18.2 Å². The van der Waals surface area contributed by atoms with Crippen LogP contribution in [0.15, 0.2) is 54.7 Å². The van der Waals surface area contributed by atoms with Gasteiger partial charge in [0.2, 0.25) is 0 Å². The molecule has 0 bridgehead atoms. The molecule has 0 saturated heterocycles. The van der Waals surface area contributed by atoms with Crippen molar-refractivity contribution in [2.75, 3.05) is 6.54 Å². The van der Waals surface area contributed by atoms with Gasteiger partial charge in [-0.05, 0) is 42.3 Å². The summed E-state index contributed by atoms with van der Waals surface area (Å²) < 4.78 is 15.1. The maximum atomic E-state index is 13.1. The number of amides is 1. The van der Waals surface area contributed by atoms with Crippen molar-refractivity contribution in [2.24, 2.45) is 7.05 Å². The predicted octanol–water partition coefficient (Wildman–Crippen LogP) is 3.29. The van der Waals surface area contributed by atoms with Crippen LogP contribution in [0.2, 0.25) is 0 Å². The Morgan fingerprint density at radius 3 is 2.82 bits per heavy atom. The van der Waals surface area contributed by atoms with Gasteiger partial charge in [-0.2, -0.15) is 0 Å². The van der Waals surface area contributed by atoms with Crippen molar-refractivity contribution in [2.45, 2.75) is 6.42 Å². The van der Waals surface area contributed by atoms with Crippen molar-refractivity contribution in [3.8, 4) is 0 Å². The second-order valence-corrected chi connectivity index (χ2v) is 5.30. The summed E-state index contributed by atoms with van der Waals surface area (Å²) in [5.41, 5.74) is 2.56. The highest BCUT2D eigenvalue weighted by Gasteiger charge is 2.10. The van der Waals surface area contributed by atoms with E-state index in [9.17, 15) is 9.18 Å². The molecule has 0 atom stereocenters. The highest BCUT2D eigenvalue weighted by Crippen LogP contribution is 2.19. The maximum Gasteiger partial charge on any atom is 0.251 e. The Kier molecular flexibility index (Phi) is 3.92. The Hall–Kier alpha value is -2.62. The van der Waals surface area contributed by atoms with Crippen LogP contribution in [0.4, 0.5) is 4.39 Å². The van der Waals surface area contributed by atoms with Gasteiger partial charge in [0.05, 0.1) is 0 Å². The second kappa shape index (κ2) is 6.02. The fraction of sp³-hybridized carbons (Fsp3) is 0.167. The fourth-order valence-electron chi connectivity index (χ4n) is 2.61. The number of rotatable bonds is 4. The van der Waals surface area contributed by atoms with Crippen molar-refractivity contribution in [3.63, 3.8) is 0 Å². The molecule has 3 aromatic rings. The molecule has 0 aliphatic heterocycles. The molecule has 0 aliphatic rings. The number of hydrogen-bond acceptors (Lipinski definition) is 1. The number of nitrogens with one attached hydrogen (secondary N) is 1. The number of hydrogen-bond donors (Lipinski definition) is 1. The number of aromatic nitrogens is 1. The zero-order valence-corrected chi connectivity index (χ0v) is 12.3. The van der Waals surface area contributed by atoms with E-state index in [1.807, 2.05) is 48.1 Å². The number of halogens is 1. The van der Waals surface area contributed by atoms with E-state index in [-0.39, 0.29) is 11.7 Å². The van der Waals surface area contributed by atoms with Gasteiger partial charge in [0.15, 0.2) is 0 Å². The lowest BCUT2D eigenvalue weighted by Crippen LogP contribution is -2.25. The van der Waals surface area contributed by atoms with Crippen molar-refractivity contribution >= 4 is 16.8 Å². The minimum atomic E-state index is -0.252. The number of carbonyl (C=O) groups excluding carboxylic acids is 1. The summed E-state index contributed by atoms with van der Waals surface area (Å²) in [6.07, 6.45) is 2.54. The lowest BCUT2D eigenvalue weighted by Gasteiger charge is -2.07. The number of aryl methyl sites for hydroxylation is 1. The van der Waals surface area contributed by atoms with E-state index >= 15 is 0 Å². The molecule has 3 rings (SSSR count). The molecule has 0 aliphatic carbocycles. The Balaban J connectivity index is 1.69. The van der Waals surface area contributed by atoms with Gasteiger partial charge < -0.3 is 9.88 Å². The molecule has 0 spiro atoms. The molecule has 1 N–H and O–H groups in total. The number of benzene rings is 2. The van der Waals surface area contributed by atoms with E-state index in [1.54, 1.807) is 6.07 Å². The summed E-state index contributed by atoms with van der Waals surface area (Å²) in [4.78, 5) is 12.3. The third kappa shape index (κ3) is 2.86. The fourth-order valence-corrected chi connectivity index (χ4v) is 2.61. The van der Waals surface area contributed by atoms with Crippen molar-refractivity contribution in [3.05, 3.63) is 71.7 Å². The van der Waals surface area contributed by atoms with Crippen LogP contribution in [0.25, 0.3) is 10.9 Å². The van der Waals surface area contributed by atoms with Crippen LogP contribution in [0.1, 0.15) is 15.9 Å². The SMILES string of the molecule is Cn1ccc2c(C(=O)NCCc3cccc(F)c3)cccc21. The van der Waals surface area contributed by atoms with Gasteiger partial charge >= 0.3 is 0 Å². The molecular formula is C18H17FN2O. The summed E-state index contributed by atoms with van der Waals surface area (Å²) in [7, 11) is 1.95. The summed E-state index contributed by atoms with van der Waals surface area (Å²) in [6, 6.07) is 14.1. The average molecular weight is 296 g/mol. The van der Waals surface area contributed by atoms with Crippen LogP contribution in [0, 0.1) is 5.82 Å². The second-order valence-electron chi connectivity index (χ2n) is 5.30. The van der Waals surface area contributed by atoms with Crippen LogP contribution in [0.5, 0.6) is 0 Å². The van der Waals surface area contributed by atoms with Crippen molar-refractivity contribution < 1.29 is 9.18 Å². The summed E-state index contributed by atoms with van der Waals surface area (Å²) in [6.45, 7) is 0.478. The molecule has 0 unspecified atom stereocenters. The Morgan fingerprint density at radius 2 is 2.00 bits per heavy atom. The average Bonchev–Trinajstić information content (AvgIpc) is 2.89. The monoisotopic (exact) mass is 296 g/mol. The first kappa shape index (κ1) is 14.3. The topological polar surface area (TPSA) is 34.0 Å². The maximum absolute atomic E-state index is 13.1. The third-order valence-corrected chi connectivity index (χ3v) is 3.76. The largest absolute Gasteiger partial charge is 0.352 e. The van der Waals surface area contributed by atoms with Crippen LogP contribution < -0.4 is 5.32 Å². The van der Waals surface area contributed by atoms with E-state index in [2.05, 4.69) is 5.32 Å². The summed E-state index contributed by atoms with van der Waals surface area (Å²) in [5, 5.41) is 3.84. The van der Waals surface area contributed by atoms with Gasteiger partial charge in [0.1, 0.15) is 5.82 Å². The molecule has 0 fully saturated rings. The van der Waals surface area contributed by atoms with Gasteiger partial charge in [-0.15, -0.1) is 0 Å². The highest BCUT2D eigenvalue weighted by atomic mass is 19.1. The molecule has 22 heavy (non-hydrogen) atoms. The minimum absolute atomic E-state index is 0.104. The lowest BCUT2D eigenvalue weighted by atomic mass is 10.1. The van der Waals surface area contributed by atoms with E-state index in [4.69, 9.17) is 0 Å². The first-order valence-corrected chi connectivity index (χ1v) is 7.22. The highest BCUT2D eigenvalue weighted by molar-refractivity contribution is 6.06. The molecular weight excluding hydrogens is 279 g/mol. The molecule has 112 valence electrons. The smallest absolute Gasteiger partial charge is 0.251 e. The van der Waals surface area contributed by atoms with Crippen molar-refractivity contribution in [1.29, 1.82) is 0 Å². The van der Waals surface area contributed by atoms with Gasteiger partial charge in [-0.3, -0.25) is 4.79 Å². The van der Waals surface area contributed by atoms with Crippen LogP contribution in [-0.2, 0) is 13.5 Å². The van der Waals surface area contributed by atoms with Crippen LogP contribution in [-0.4, -0.2) is 17.0 Å². The first-order chi connectivity index (χ1) is 10.6.